The van der Waals surface area contributed by atoms with E-state index < -0.39 is 39.2 Å². The van der Waals surface area contributed by atoms with Crippen molar-refractivity contribution in [2.75, 3.05) is 38.2 Å². The maximum atomic E-state index is 13.3. The molecule has 1 atom stereocenters. The number of nitrogens with one attached hydrogen (secondary N) is 3. The van der Waals surface area contributed by atoms with E-state index in [2.05, 4.69) is 20.3 Å². The van der Waals surface area contributed by atoms with Gasteiger partial charge in [-0.3, -0.25) is 14.5 Å². The lowest BCUT2D eigenvalue weighted by atomic mass is 10.0. The van der Waals surface area contributed by atoms with Crippen LogP contribution in [0.15, 0.2) is 83.8 Å². The average molecular weight is 597 g/mol. The Hall–Kier alpha value is -3.64. The second kappa shape index (κ2) is 14.0. The molecule has 0 unspecified atom stereocenters. The smallest absolute Gasteiger partial charge is 0.251 e. The highest BCUT2D eigenvalue weighted by molar-refractivity contribution is 7.89. The molecule has 4 rings (SSSR count). The fourth-order valence-electron chi connectivity index (χ4n) is 4.58. The van der Waals surface area contributed by atoms with Gasteiger partial charge in [-0.2, -0.15) is 0 Å². The van der Waals surface area contributed by atoms with Crippen molar-refractivity contribution in [1.29, 1.82) is 0 Å². The lowest BCUT2D eigenvalue weighted by Gasteiger charge is -2.32. The number of hydrogen-bond donors (Lipinski definition) is 3. The molecule has 1 fully saturated rings. The van der Waals surface area contributed by atoms with Gasteiger partial charge in [0.25, 0.3) is 5.91 Å². The molecule has 0 spiro atoms. The third kappa shape index (κ3) is 9.18. The van der Waals surface area contributed by atoms with Crippen LogP contribution in [0.3, 0.4) is 0 Å². The van der Waals surface area contributed by atoms with E-state index in [1.54, 1.807) is 0 Å². The zero-order valence-electron chi connectivity index (χ0n) is 23.8. The molecule has 0 aliphatic carbocycles. The number of benzene rings is 3. The second-order valence-electron chi connectivity index (χ2n) is 10.9. The van der Waals surface area contributed by atoms with Gasteiger partial charge in [0.1, 0.15) is 11.9 Å². The summed E-state index contributed by atoms with van der Waals surface area (Å²) in [5.74, 6) is -1.47. The molecule has 0 aromatic heterocycles. The Balaban J connectivity index is 1.40. The van der Waals surface area contributed by atoms with Crippen molar-refractivity contribution in [3.8, 4) is 0 Å². The molecular formula is C31H37FN4O5S. The van der Waals surface area contributed by atoms with Gasteiger partial charge in [-0.15, -0.1) is 0 Å². The molecule has 3 aromatic carbocycles. The van der Waals surface area contributed by atoms with Crippen LogP contribution in [0.4, 0.5) is 10.1 Å². The van der Waals surface area contributed by atoms with E-state index in [0.717, 1.165) is 25.2 Å². The quantitative estimate of drug-likeness (QED) is 0.294. The number of hydrogen-bond acceptors (Lipinski definition) is 6. The van der Waals surface area contributed by atoms with Crippen LogP contribution >= 0.6 is 0 Å². The third-order valence-corrected chi connectivity index (χ3v) is 8.72. The van der Waals surface area contributed by atoms with Crippen LogP contribution in [-0.4, -0.2) is 69.6 Å². The van der Waals surface area contributed by atoms with E-state index in [4.69, 9.17) is 4.74 Å². The van der Waals surface area contributed by atoms with E-state index >= 15 is 0 Å². The molecule has 0 saturated carbocycles. The number of morpholine rings is 1. The van der Waals surface area contributed by atoms with Crippen molar-refractivity contribution in [3.63, 3.8) is 0 Å². The Labute approximate surface area is 246 Å². The summed E-state index contributed by atoms with van der Waals surface area (Å²) in [6, 6.07) is 19.2. The van der Waals surface area contributed by atoms with E-state index in [9.17, 15) is 22.4 Å². The Kier molecular flexibility index (Phi) is 10.4. The van der Waals surface area contributed by atoms with Crippen LogP contribution in [0, 0.1) is 5.82 Å². The maximum absolute atomic E-state index is 13.3. The molecule has 1 aliphatic rings. The van der Waals surface area contributed by atoms with Gasteiger partial charge < -0.3 is 15.4 Å². The van der Waals surface area contributed by atoms with Crippen LogP contribution in [0.1, 0.15) is 36.2 Å². The van der Waals surface area contributed by atoms with Crippen molar-refractivity contribution in [2.24, 2.45) is 0 Å². The molecule has 0 radical (unpaired) electrons. The predicted octanol–water partition coefficient (Wildman–Crippen LogP) is 3.58. The number of anilines is 1. The second-order valence-corrected chi connectivity index (χ2v) is 12.6. The molecule has 11 heteroatoms. The van der Waals surface area contributed by atoms with Crippen molar-refractivity contribution < 1.29 is 27.1 Å². The number of halogens is 1. The number of carbonyl (C=O) groups excluding carboxylic acids is 2. The zero-order chi connectivity index (χ0) is 30.2. The van der Waals surface area contributed by atoms with Gasteiger partial charge in [0.2, 0.25) is 15.9 Å². The van der Waals surface area contributed by atoms with Crippen LogP contribution in [-0.2, 0) is 26.0 Å². The minimum Gasteiger partial charge on any atom is -0.379 e. The molecule has 1 aliphatic heterocycles. The van der Waals surface area contributed by atoms with Crippen LogP contribution in [0.5, 0.6) is 0 Å². The Bertz CT molecular complexity index is 1440. The van der Waals surface area contributed by atoms with Crippen LogP contribution in [0.2, 0.25) is 0 Å². The van der Waals surface area contributed by atoms with Gasteiger partial charge in [-0.25, -0.2) is 17.5 Å². The lowest BCUT2D eigenvalue weighted by Crippen LogP contribution is -2.47. The Morgan fingerprint density at radius 3 is 2.24 bits per heavy atom. The van der Waals surface area contributed by atoms with Crippen LogP contribution < -0.4 is 15.4 Å². The highest BCUT2D eigenvalue weighted by Gasteiger charge is 2.28. The number of rotatable bonds is 12. The molecular weight excluding hydrogens is 559 g/mol. The molecule has 3 N–H and O–H groups in total. The molecule has 3 aromatic rings. The molecule has 9 nitrogen and oxygen atoms in total. The topological polar surface area (TPSA) is 117 Å². The summed E-state index contributed by atoms with van der Waals surface area (Å²) >= 11 is 0. The molecule has 1 heterocycles. The normalized spacial score (nSPS) is 15.1. The zero-order valence-corrected chi connectivity index (χ0v) is 24.6. The number of nitrogens with zero attached hydrogens (tertiary/aromatic N) is 1. The Morgan fingerprint density at radius 1 is 0.952 bits per heavy atom. The third-order valence-electron chi connectivity index (χ3n) is 7.01. The van der Waals surface area contributed by atoms with Gasteiger partial charge in [0, 0.05) is 42.8 Å². The number of sulfonamides is 1. The fraction of sp³-hybridized carbons (Fsp3) is 0.355. The average Bonchev–Trinajstić information content (AvgIpc) is 2.97. The fourth-order valence-corrected chi connectivity index (χ4v) is 6.03. The molecule has 224 valence electrons. The van der Waals surface area contributed by atoms with Crippen molar-refractivity contribution in [3.05, 3.63) is 95.8 Å². The number of amides is 2. The summed E-state index contributed by atoms with van der Waals surface area (Å²) in [5, 5.41) is 5.50. The first-order valence-corrected chi connectivity index (χ1v) is 15.3. The van der Waals surface area contributed by atoms with E-state index in [-0.39, 0.29) is 16.9 Å². The summed E-state index contributed by atoms with van der Waals surface area (Å²) in [4.78, 5) is 28.4. The van der Waals surface area contributed by atoms with E-state index in [1.807, 2.05) is 44.2 Å². The maximum Gasteiger partial charge on any atom is 0.251 e. The highest BCUT2D eigenvalue weighted by atomic mass is 32.2. The van der Waals surface area contributed by atoms with Gasteiger partial charge in [0.05, 0.1) is 18.1 Å². The number of ether oxygens (including phenoxy) is 1. The molecule has 2 amide bonds. The van der Waals surface area contributed by atoms with E-state index in [0.29, 0.717) is 25.3 Å². The minimum atomic E-state index is -3.81. The monoisotopic (exact) mass is 596 g/mol. The first-order valence-electron chi connectivity index (χ1n) is 13.9. The highest BCUT2D eigenvalue weighted by Crippen LogP contribution is 2.19. The predicted molar refractivity (Wildman–Crippen MR) is 159 cm³/mol. The van der Waals surface area contributed by atoms with E-state index in [1.165, 1.54) is 48.5 Å². The largest absolute Gasteiger partial charge is 0.379 e. The lowest BCUT2D eigenvalue weighted by molar-refractivity contribution is -0.118. The van der Waals surface area contributed by atoms with Crippen molar-refractivity contribution in [1.82, 2.24) is 14.9 Å². The van der Waals surface area contributed by atoms with Gasteiger partial charge in [0.15, 0.2) is 0 Å². The summed E-state index contributed by atoms with van der Waals surface area (Å²) in [7, 11) is -3.81. The van der Waals surface area contributed by atoms with Gasteiger partial charge in [-0.1, -0.05) is 30.3 Å². The van der Waals surface area contributed by atoms with Crippen LogP contribution in [0.25, 0.3) is 0 Å². The number of carbonyl (C=O) groups is 2. The van der Waals surface area contributed by atoms with Gasteiger partial charge >= 0.3 is 0 Å². The summed E-state index contributed by atoms with van der Waals surface area (Å²) in [5.41, 5.74) is 0.759. The standard InChI is InChI=1S/C31H37FN4O5S/c1-31(2,16-17-36-18-20-41-21-19-36)35-42(39,40)27-14-12-26(13-15-27)33-30(38)28(22-23-6-4-3-5-7-23)34-29(37)24-8-10-25(32)11-9-24/h3-15,28,35H,16-22H2,1-2H3,(H,33,38)(H,34,37)/t28-/m0/s1. The Morgan fingerprint density at radius 2 is 1.60 bits per heavy atom. The van der Waals surface area contributed by atoms with Crippen molar-refractivity contribution >= 4 is 27.5 Å². The molecule has 0 bridgehead atoms. The van der Waals surface area contributed by atoms with Gasteiger partial charge in [-0.05, 0) is 74.4 Å². The SMILES string of the molecule is CC(C)(CCN1CCOCC1)NS(=O)(=O)c1ccc(NC(=O)[C@H](Cc2ccccc2)NC(=O)c2ccc(F)cc2)cc1. The molecule has 42 heavy (non-hydrogen) atoms. The summed E-state index contributed by atoms with van der Waals surface area (Å²) in [6.45, 7) is 7.49. The first-order chi connectivity index (χ1) is 20.0. The van der Waals surface area contributed by atoms with Crippen molar-refractivity contribution in [2.45, 2.75) is 43.2 Å². The summed E-state index contributed by atoms with van der Waals surface area (Å²) < 4.78 is 47.7. The first kappa shape index (κ1) is 31.3. The summed E-state index contributed by atoms with van der Waals surface area (Å²) in [6.07, 6.45) is 0.850. The minimum absolute atomic E-state index is 0.0744. The molecule has 1 saturated heterocycles.